The van der Waals surface area contributed by atoms with E-state index in [2.05, 4.69) is 25.6 Å². The molecule has 2 aromatic rings. The highest BCUT2D eigenvalue weighted by Crippen LogP contribution is 2.58. The molecule has 2 aliphatic rings. The minimum atomic E-state index is -1.34. The van der Waals surface area contributed by atoms with Gasteiger partial charge in [0.05, 0.1) is 17.8 Å². The number of aromatic nitrogens is 1. The summed E-state index contributed by atoms with van der Waals surface area (Å²) in [5.41, 5.74) is 6.01. The van der Waals surface area contributed by atoms with Crippen molar-refractivity contribution >= 4 is 35.0 Å². The van der Waals surface area contributed by atoms with E-state index in [9.17, 15) is 23.5 Å². The number of nitrogens with two attached hydrogens (primary N) is 2. The number of rotatable bonds is 6. The van der Waals surface area contributed by atoms with Gasteiger partial charge in [-0.15, -0.1) is 5.10 Å². The van der Waals surface area contributed by atoms with Crippen LogP contribution in [0.3, 0.4) is 0 Å². The molecule has 35 heavy (non-hydrogen) atoms. The molecule has 0 radical (unpaired) electrons. The van der Waals surface area contributed by atoms with Gasteiger partial charge in [-0.2, -0.15) is 0 Å². The summed E-state index contributed by atoms with van der Waals surface area (Å²) >= 11 is 0. The molecule has 1 aromatic carbocycles. The molecule has 11 nitrogen and oxygen atoms in total. The van der Waals surface area contributed by atoms with E-state index in [0.29, 0.717) is 24.5 Å². The summed E-state index contributed by atoms with van der Waals surface area (Å²) in [5, 5.41) is 17.7. The van der Waals surface area contributed by atoms with E-state index < -0.39 is 35.8 Å². The number of carbonyl (C=O) groups is 2. The lowest BCUT2D eigenvalue weighted by Gasteiger charge is -2.34. The molecule has 1 aromatic heterocycles. The number of ether oxygens (including phenoxy) is 1. The van der Waals surface area contributed by atoms with Crippen LogP contribution >= 0.6 is 0 Å². The fourth-order valence-corrected chi connectivity index (χ4v) is 4.38. The lowest BCUT2D eigenvalue weighted by atomic mass is 9.92. The van der Waals surface area contributed by atoms with E-state index in [1.807, 2.05) is 0 Å². The fraction of sp³-hybridized carbons (Fsp3) is 0.364. The van der Waals surface area contributed by atoms with Crippen LogP contribution in [0.1, 0.15) is 19.3 Å². The molecule has 2 fully saturated rings. The van der Waals surface area contributed by atoms with Gasteiger partial charge in [0, 0.05) is 30.3 Å². The van der Waals surface area contributed by atoms with Crippen LogP contribution in [0.5, 0.6) is 0 Å². The summed E-state index contributed by atoms with van der Waals surface area (Å²) in [6.45, 7) is 1.40. The van der Waals surface area contributed by atoms with Crippen molar-refractivity contribution in [1.29, 1.82) is 0 Å². The van der Waals surface area contributed by atoms with Crippen LogP contribution in [-0.2, 0) is 14.3 Å². The maximum Gasteiger partial charge on any atom is 0.312 e. The molecule has 186 valence electrons. The number of carboxylic acid groups (broad SMARTS) is 1. The highest BCUT2D eigenvalue weighted by Gasteiger charge is 2.59. The molecule has 3 atom stereocenters. The molecule has 0 bridgehead atoms. The first-order valence-corrected chi connectivity index (χ1v) is 10.9. The van der Waals surface area contributed by atoms with Crippen molar-refractivity contribution in [3.8, 4) is 0 Å². The Kier molecular flexibility index (Phi) is 6.69. The summed E-state index contributed by atoms with van der Waals surface area (Å²) in [6.07, 6.45) is 2.57. The molecule has 2 heterocycles. The van der Waals surface area contributed by atoms with Crippen LogP contribution < -0.4 is 27.1 Å². The average Bonchev–Trinajstić information content (AvgIpc) is 3.53. The van der Waals surface area contributed by atoms with Gasteiger partial charge in [0.1, 0.15) is 5.82 Å². The second kappa shape index (κ2) is 9.70. The summed E-state index contributed by atoms with van der Waals surface area (Å²) in [6, 6.07) is 6.38. The minimum absolute atomic E-state index is 0.119. The van der Waals surface area contributed by atoms with Crippen molar-refractivity contribution in [2.24, 2.45) is 28.0 Å². The largest absolute Gasteiger partial charge is 0.481 e. The average molecular weight is 489 g/mol. The fourth-order valence-electron chi connectivity index (χ4n) is 4.38. The van der Waals surface area contributed by atoms with E-state index in [4.69, 9.17) is 16.3 Å². The van der Waals surface area contributed by atoms with Crippen molar-refractivity contribution in [1.82, 2.24) is 4.98 Å². The number of carboxylic acids is 1. The summed E-state index contributed by atoms with van der Waals surface area (Å²) in [5.74, 6) is 1.41. The lowest BCUT2D eigenvalue weighted by Crippen LogP contribution is -2.39. The van der Waals surface area contributed by atoms with E-state index >= 15 is 0 Å². The zero-order chi connectivity index (χ0) is 25.2. The molecule has 13 heteroatoms. The van der Waals surface area contributed by atoms with Crippen molar-refractivity contribution < 1.29 is 28.2 Å². The van der Waals surface area contributed by atoms with Gasteiger partial charge in [-0.3, -0.25) is 15.3 Å². The number of pyridine rings is 1. The molecule has 1 aliphatic carbocycles. The number of hydrazone groups is 1. The molecule has 1 amide bonds. The summed E-state index contributed by atoms with van der Waals surface area (Å²) < 4.78 is 31.5. The van der Waals surface area contributed by atoms with Crippen molar-refractivity contribution in [3.05, 3.63) is 48.2 Å². The normalized spacial score (nSPS) is 22.4. The second-order valence-electron chi connectivity index (χ2n) is 8.59. The molecule has 1 saturated carbocycles. The van der Waals surface area contributed by atoms with Crippen LogP contribution in [0.4, 0.5) is 26.0 Å². The number of amides is 1. The van der Waals surface area contributed by atoms with E-state index in [1.165, 1.54) is 12.3 Å². The number of nitrogens with zero attached hydrogens (tertiary/aromatic N) is 3. The van der Waals surface area contributed by atoms with Gasteiger partial charge in [-0.1, -0.05) is 0 Å². The van der Waals surface area contributed by atoms with Crippen molar-refractivity contribution in [3.63, 3.8) is 0 Å². The highest BCUT2D eigenvalue weighted by atomic mass is 19.2. The minimum Gasteiger partial charge on any atom is -0.481 e. The number of benzene rings is 1. The SMILES string of the molecule is NN=C(OC(N)Nc1ccc(F)c(F)c1)C(=O)Nc1ccc(N2CCCC3(CC3C(=O)O)C2)nc1. The lowest BCUT2D eigenvalue weighted by molar-refractivity contribution is -0.139. The number of hydrogen-bond acceptors (Lipinski definition) is 9. The van der Waals surface area contributed by atoms with Crippen LogP contribution in [0.25, 0.3) is 0 Å². The van der Waals surface area contributed by atoms with E-state index in [0.717, 1.165) is 31.5 Å². The van der Waals surface area contributed by atoms with Crippen LogP contribution in [-0.4, -0.2) is 47.3 Å². The Bertz CT molecular complexity index is 1150. The number of carbonyl (C=O) groups excluding carboxylic acids is 1. The van der Waals surface area contributed by atoms with Crippen molar-refractivity contribution in [2.45, 2.75) is 25.6 Å². The zero-order valence-corrected chi connectivity index (χ0v) is 18.6. The molecular weight excluding hydrogens is 464 g/mol. The Morgan fingerprint density at radius 2 is 2.03 bits per heavy atom. The number of anilines is 3. The smallest absolute Gasteiger partial charge is 0.312 e. The van der Waals surface area contributed by atoms with Crippen LogP contribution in [0.2, 0.25) is 0 Å². The third-order valence-electron chi connectivity index (χ3n) is 6.20. The Morgan fingerprint density at radius 3 is 2.66 bits per heavy atom. The van der Waals surface area contributed by atoms with Gasteiger partial charge in [-0.25, -0.2) is 13.8 Å². The van der Waals surface area contributed by atoms with Crippen LogP contribution in [0.15, 0.2) is 41.6 Å². The first-order valence-electron chi connectivity index (χ1n) is 10.9. The van der Waals surface area contributed by atoms with Gasteiger partial charge in [0.2, 0.25) is 6.35 Å². The number of halogens is 2. The standard InChI is InChI=1S/C22H25F2N7O4/c23-15-4-2-12(8-16(15)24)29-21(25)35-19(30-26)18(32)28-13-3-5-17(27-10-13)31-7-1-6-22(11-31)9-14(22)20(33)34/h2-5,8,10,14,21,29H,1,6-7,9,11,25-26H2,(H,28,32)(H,33,34). The van der Waals surface area contributed by atoms with Gasteiger partial charge in [-0.05, 0) is 43.5 Å². The summed E-state index contributed by atoms with van der Waals surface area (Å²) in [4.78, 5) is 30.3. The molecule has 1 saturated heterocycles. The Hall–Kier alpha value is -4.00. The monoisotopic (exact) mass is 489 g/mol. The first-order chi connectivity index (χ1) is 16.7. The topological polar surface area (TPSA) is 168 Å². The maximum absolute atomic E-state index is 13.3. The molecule has 4 rings (SSSR count). The van der Waals surface area contributed by atoms with Gasteiger partial charge in [0.15, 0.2) is 11.6 Å². The molecule has 7 N–H and O–H groups in total. The highest BCUT2D eigenvalue weighted by molar-refractivity contribution is 6.39. The quantitative estimate of drug-likeness (QED) is 0.133. The van der Waals surface area contributed by atoms with Crippen LogP contribution in [0, 0.1) is 23.0 Å². The molecule has 1 spiro atoms. The van der Waals surface area contributed by atoms with E-state index in [-0.39, 0.29) is 17.0 Å². The maximum atomic E-state index is 13.3. The van der Waals surface area contributed by atoms with Gasteiger partial charge in [0.25, 0.3) is 0 Å². The number of aliphatic carboxylic acids is 1. The predicted molar refractivity (Wildman–Crippen MR) is 123 cm³/mol. The molecule has 1 aliphatic heterocycles. The second-order valence-corrected chi connectivity index (χ2v) is 8.59. The summed E-state index contributed by atoms with van der Waals surface area (Å²) in [7, 11) is 0. The number of nitrogens with one attached hydrogen (secondary N) is 2. The van der Waals surface area contributed by atoms with Gasteiger partial charge < -0.3 is 31.2 Å². The Morgan fingerprint density at radius 1 is 1.26 bits per heavy atom. The zero-order valence-electron chi connectivity index (χ0n) is 18.6. The third kappa shape index (κ3) is 5.40. The number of piperidine rings is 1. The first kappa shape index (κ1) is 24.1. The Balaban J connectivity index is 1.32. The Labute approximate surface area is 199 Å². The molecule has 3 unspecified atom stereocenters. The predicted octanol–water partition coefficient (Wildman–Crippen LogP) is 1.63. The van der Waals surface area contributed by atoms with E-state index in [1.54, 1.807) is 12.1 Å². The van der Waals surface area contributed by atoms with Gasteiger partial charge >= 0.3 is 17.8 Å². The number of hydrogen-bond donors (Lipinski definition) is 5. The molecular formula is C22H25F2N7O4. The third-order valence-corrected chi connectivity index (χ3v) is 6.20. The van der Waals surface area contributed by atoms with Crippen molar-refractivity contribution in [2.75, 3.05) is 28.6 Å².